The summed E-state index contributed by atoms with van der Waals surface area (Å²) < 4.78 is 8.62. The number of rotatable bonds is 4. The fourth-order valence-electron chi connectivity index (χ4n) is 1.48. The molecule has 1 aromatic heterocycles. The van der Waals surface area contributed by atoms with Gasteiger partial charge in [-0.25, -0.2) is 4.98 Å². The Hall–Kier alpha value is -1.000. The maximum Gasteiger partial charge on any atom is 0.139 e. The standard InChI is InChI=1S/C12H12BrClN2O/c1-9-15-4-5-16(9)6-7-17-12-8-10(13)2-3-11(12)14/h2-5,8H,6-7H2,1H3. The van der Waals surface area contributed by atoms with Crippen LogP contribution in [0.25, 0.3) is 0 Å². The molecule has 0 aliphatic rings. The summed E-state index contributed by atoms with van der Waals surface area (Å²) in [6.07, 6.45) is 3.71. The fraction of sp³-hybridized carbons (Fsp3) is 0.250. The first-order valence-electron chi connectivity index (χ1n) is 5.22. The van der Waals surface area contributed by atoms with Crippen molar-refractivity contribution in [2.24, 2.45) is 0 Å². The molecule has 0 unspecified atom stereocenters. The normalized spacial score (nSPS) is 10.5. The molecule has 0 aliphatic heterocycles. The molecular weight excluding hydrogens is 304 g/mol. The Morgan fingerprint density at radius 3 is 3.00 bits per heavy atom. The van der Waals surface area contributed by atoms with Crippen LogP contribution in [0.15, 0.2) is 35.1 Å². The molecule has 0 fully saturated rings. The second-order valence-corrected chi connectivity index (χ2v) is 4.91. The van der Waals surface area contributed by atoms with Crippen molar-refractivity contribution >= 4 is 27.5 Å². The number of hydrogen-bond acceptors (Lipinski definition) is 2. The van der Waals surface area contributed by atoms with E-state index in [1.165, 1.54) is 0 Å². The third-order valence-electron chi connectivity index (χ3n) is 2.41. The van der Waals surface area contributed by atoms with Gasteiger partial charge in [0.25, 0.3) is 0 Å². The highest BCUT2D eigenvalue weighted by atomic mass is 79.9. The first-order chi connectivity index (χ1) is 8.16. The zero-order chi connectivity index (χ0) is 12.3. The second kappa shape index (κ2) is 5.56. The lowest BCUT2D eigenvalue weighted by molar-refractivity contribution is 0.297. The molecule has 0 spiro atoms. The molecule has 1 aromatic carbocycles. The topological polar surface area (TPSA) is 27.1 Å². The van der Waals surface area contributed by atoms with E-state index in [-0.39, 0.29) is 0 Å². The van der Waals surface area contributed by atoms with Crippen LogP contribution in [0.2, 0.25) is 5.02 Å². The molecule has 0 radical (unpaired) electrons. The van der Waals surface area contributed by atoms with Crippen LogP contribution in [0, 0.1) is 6.92 Å². The lowest BCUT2D eigenvalue weighted by Crippen LogP contribution is -2.08. The average Bonchev–Trinajstić information content (AvgIpc) is 2.70. The molecule has 0 saturated heterocycles. The van der Waals surface area contributed by atoms with Gasteiger partial charge in [-0.2, -0.15) is 0 Å². The van der Waals surface area contributed by atoms with Crippen molar-refractivity contribution in [2.45, 2.75) is 13.5 Å². The molecule has 17 heavy (non-hydrogen) atoms. The number of hydrogen-bond donors (Lipinski definition) is 0. The molecule has 0 amide bonds. The molecule has 2 rings (SSSR count). The quantitative estimate of drug-likeness (QED) is 0.860. The maximum atomic E-state index is 6.02. The van der Waals surface area contributed by atoms with Crippen molar-refractivity contribution in [1.29, 1.82) is 0 Å². The summed E-state index contributed by atoms with van der Waals surface area (Å²) in [4.78, 5) is 4.15. The van der Waals surface area contributed by atoms with E-state index in [1.807, 2.05) is 35.9 Å². The van der Waals surface area contributed by atoms with E-state index in [9.17, 15) is 0 Å². The number of nitrogens with zero attached hydrogens (tertiary/aromatic N) is 2. The van der Waals surface area contributed by atoms with Crippen LogP contribution >= 0.6 is 27.5 Å². The fourth-order valence-corrected chi connectivity index (χ4v) is 1.99. The van der Waals surface area contributed by atoms with Gasteiger partial charge in [0, 0.05) is 16.9 Å². The first kappa shape index (κ1) is 12.5. The number of ether oxygens (including phenoxy) is 1. The minimum Gasteiger partial charge on any atom is -0.490 e. The molecule has 0 aliphatic carbocycles. The highest BCUT2D eigenvalue weighted by molar-refractivity contribution is 9.10. The molecular formula is C12H12BrClN2O. The molecule has 1 heterocycles. The van der Waals surface area contributed by atoms with Crippen LogP contribution in [0.4, 0.5) is 0 Å². The zero-order valence-electron chi connectivity index (χ0n) is 9.36. The summed E-state index contributed by atoms with van der Waals surface area (Å²) in [7, 11) is 0. The van der Waals surface area contributed by atoms with E-state index in [0.717, 1.165) is 16.8 Å². The van der Waals surface area contributed by atoms with Gasteiger partial charge in [0.1, 0.15) is 18.2 Å². The van der Waals surface area contributed by atoms with Gasteiger partial charge in [-0.05, 0) is 25.1 Å². The van der Waals surface area contributed by atoms with Crippen LogP contribution in [-0.4, -0.2) is 16.2 Å². The van der Waals surface area contributed by atoms with Gasteiger partial charge < -0.3 is 9.30 Å². The zero-order valence-corrected chi connectivity index (χ0v) is 11.7. The van der Waals surface area contributed by atoms with E-state index in [2.05, 4.69) is 20.9 Å². The highest BCUT2D eigenvalue weighted by Gasteiger charge is 2.03. The minimum atomic E-state index is 0.563. The summed E-state index contributed by atoms with van der Waals surface area (Å²) in [6, 6.07) is 5.56. The number of benzene rings is 1. The van der Waals surface area contributed by atoms with Crippen molar-refractivity contribution in [3.8, 4) is 5.75 Å². The van der Waals surface area contributed by atoms with Gasteiger partial charge in [0.15, 0.2) is 0 Å². The van der Waals surface area contributed by atoms with Gasteiger partial charge in [-0.3, -0.25) is 0 Å². The Bertz CT molecular complexity index is 513. The van der Waals surface area contributed by atoms with E-state index in [1.54, 1.807) is 6.20 Å². The lowest BCUT2D eigenvalue weighted by Gasteiger charge is -2.09. The number of halogens is 2. The highest BCUT2D eigenvalue weighted by Crippen LogP contribution is 2.27. The monoisotopic (exact) mass is 314 g/mol. The van der Waals surface area contributed by atoms with Gasteiger partial charge in [-0.15, -0.1) is 0 Å². The molecule has 0 N–H and O–H groups in total. The van der Waals surface area contributed by atoms with E-state index in [0.29, 0.717) is 17.4 Å². The van der Waals surface area contributed by atoms with Crippen molar-refractivity contribution in [2.75, 3.05) is 6.61 Å². The Morgan fingerprint density at radius 1 is 1.47 bits per heavy atom. The van der Waals surface area contributed by atoms with Gasteiger partial charge in [0.05, 0.1) is 11.6 Å². The van der Waals surface area contributed by atoms with E-state index >= 15 is 0 Å². The Labute approximate surface area is 114 Å². The SMILES string of the molecule is Cc1nccn1CCOc1cc(Br)ccc1Cl. The average molecular weight is 316 g/mol. The van der Waals surface area contributed by atoms with Crippen molar-refractivity contribution in [3.63, 3.8) is 0 Å². The summed E-state index contributed by atoms with van der Waals surface area (Å²) in [6.45, 7) is 3.29. The second-order valence-electron chi connectivity index (χ2n) is 3.59. The summed E-state index contributed by atoms with van der Waals surface area (Å²) in [5.74, 6) is 1.67. The molecule has 90 valence electrons. The number of aryl methyl sites for hydroxylation is 1. The van der Waals surface area contributed by atoms with Crippen LogP contribution < -0.4 is 4.74 Å². The van der Waals surface area contributed by atoms with Crippen LogP contribution in [0.3, 0.4) is 0 Å². The summed E-state index contributed by atoms with van der Waals surface area (Å²) in [5.41, 5.74) is 0. The van der Waals surface area contributed by atoms with Crippen LogP contribution in [0.5, 0.6) is 5.75 Å². The summed E-state index contributed by atoms with van der Waals surface area (Å²) >= 11 is 9.41. The predicted octanol–water partition coefficient (Wildman–Crippen LogP) is 3.69. The summed E-state index contributed by atoms with van der Waals surface area (Å²) in [5, 5.41) is 0.621. The smallest absolute Gasteiger partial charge is 0.139 e. The van der Waals surface area contributed by atoms with Gasteiger partial charge in [-0.1, -0.05) is 27.5 Å². The van der Waals surface area contributed by atoms with Crippen LogP contribution in [0.1, 0.15) is 5.82 Å². The third kappa shape index (κ3) is 3.23. The van der Waals surface area contributed by atoms with Gasteiger partial charge >= 0.3 is 0 Å². The Morgan fingerprint density at radius 2 is 2.29 bits per heavy atom. The Balaban J connectivity index is 1.94. The first-order valence-corrected chi connectivity index (χ1v) is 6.39. The largest absolute Gasteiger partial charge is 0.490 e. The molecule has 2 aromatic rings. The molecule has 5 heteroatoms. The number of aromatic nitrogens is 2. The van der Waals surface area contributed by atoms with Crippen LogP contribution in [-0.2, 0) is 6.54 Å². The third-order valence-corrected chi connectivity index (χ3v) is 3.21. The van der Waals surface area contributed by atoms with E-state index in [4.69, 9.17) is 16.3 Å². The lowest BCUT2D eigenvalue weighted by atomic mass is 10.3. The van der Waals surface area contributed by atoms with Crippen molar-refractivity contribution in [1.82, 2.24) is 9.55 Å². The molecule has 0 bridgehead atoms. The van der Waals surface area contributed by atoms with Crippen molar-refractivity contribution < 1.29 is 4.74 Å². The van der Waals surface area contributed by atoms with Gasteiger partial charge in [0.2, 0.25) is 0 Å². The maximum absolute atomic E-state index is 6.02. The molecule has 0 atom stereocenters. The van der Waals surface area contributed by atoms with Crippen molar-refractivity contribution in [3.05, 3.63) is 45.9 Å². The molecule has 0 saturated carbocycles. The predicted molar refractivity (Wildman–Crippen MR) is 71.6 cm³/mol. The van der Waals surface area contributed by atoms with E-state index < -0.39 is 0 Å². The Kier molecular flexibility index (Phi) is 4.07. The number of imidazole rings is 1. The minimum absolute atomic E-state index is 0.563. The molecule has 3 nitrogen and oxygen atoms in total.